The van der Waals surface area contributed by atoms with Crippen molar-refractivity contribution >= 4 is 5.91 Å². The van der Waals surface area contributed by atoms with Gasteiger partial charge in [-0.25, -0.2) is 5.06 Å². The molecule has 0 radical (unpaired) electrons. The summed E-state index contributed by atoms with van der Waals surface area (Å²) < 4.78 is 0. The molecule has 1 aliphatic rings. The topological polar surface area (TPSA) is 40.5 Å². The van der Waals surface area contributed by atoms with E-state index in [0.29, 0.717) is 0 Å². The summed E-state index contributed by atoms with van der Waals surface area (Å²) in [5, 5.41) is 10.2. The summed E-state index contributed by atoms with van der Waals surface area (Å²) in [6, 6.07) is 14.5. The number of fused-ring (bicyclic) bond motifs is 3. The molecule has 0 spiro atoms. The van der Waals surface area contributed by atoms with E-state index in [9.17, 15) is 10.0 Å². The second-order valence-corrected chi connectivity index (χ2v) is 4.90. The lowest BCUT2D eigenvalue weighted by Gasteiger charge is -2.13. The van der Waals surface area contributed by atoms with Gasteiger partial charge in [-0.05, 0) is 34.2 Å². The highest BCUT2D eigenvalue weighted by molar-refractivity contribution is 5.77. The fraction of sp³-hybridized carbons (Fsp3) is 0.188. The van der Waals surface area contributed by atoms with Crippen molar-refractivity contribution in [3.63, 3.8) is 0 Å². The summed E-state index contributed by atoms with van der Waals surface area (Å²) in [5.41, 5.74) is 6.09. The molecular weight excluding hydrogens is 238 g/mol. The van der Waals surface area contributed by atoms with Crippen LogP contribution >= 0.6 is 0 Å². The monoisotopic (exact) mass is 253 g/mol. The first-order valence-corrected chi connectivity index (χ1v) is 6.32. The van der Waals surface area contributed by atoms with E-state index in [2.05, 4.69) is 30.3 Å². The Hall–Kier alpha value is -2.13. The molecule has 0 aliphatic heterocycles. The fourth-order valence-corrected chi connectivity index (χ4v) is 2.58. The zero-order chi connectivity index (χ0) is 13.4. The van der Waals surface area contributed by atoms with Crippen LogP contribution in [0.15, 0.2) is 42.5 Å². The van der Waals surface area contributed by atoms with Gasteiger partial charge in [0.15, 0.2) is 0 Å². The molecule has 0 atom stereocenters. The SMILES string of the molecule is CC(=O)N(O)Cc1ccc2c(c1)Cc1ccccc1-2. The molecule has 3 nitrogen and oxygen atoms in total. The average Bonchev–Trinajstić information content (AvgIpc) is 2.76. The van der Waals surface area contributed by atoms with Crippen LogP contribution in [0, 0.1) is 0 Å². The van der Waals surface area contributed by atoms with E-state index in [1.807, 2.05) is 12.1 Å². The first-order chi connectivity index (χ1) is 9.15. The van der Waals surface area contributed by atoms with Gasteiger partial charge in [-0.1, -0.05) is 42.5 Å². The van der Waals surface area contributed by atoms with Crippen LogP contribution in [-0.2, 0) is 17.8 Å². The summed E-state index contributed by atoms with van der Waals surface area (Å²) in [7, 11) is 0. The summed E-state index contributed by atoms with van der Waals surface area (Å²) in [6.45, 7) is 1.59. The zero-order valence-electron chi connectivity index (χ0n) is 10.8. The highest BCUT2D eigenvalue weighted by Crippen LogP contribution is 2.36. The molecule has 0 heterocycles. The number of nitrogens with zero attached hydrogens (tertiary/aromatic N) is 1. The Labute approximate surface area is 112 Å². The number of hydrogen-bond donors (Lipinski definition) is 1. The van der Waals surface area contributed by atoms with Gasteiger partial charge in [-0.2, -0.15) is 0 Å². The Morgan fingerprint density at radius 3 is 2.68 bits per heavy atom. The molecule has 3 heteroatoms. The second kappa shape index (κ2) is 4.52. The molecule has 0 unspecified atom stereocenters. The molecule has 0 bridgehead atoms. The molecule has 1 aliphatic carbocycles. The standard InChI is InChI=1S/C16H15NO2/c1-11(18)17(19)10-12-6-7-16-14(8-12)9-13-4-2-3-5-15(13)16/h2-8,19H,9-10H2,1H3. The highest BCUT2D eigenvalue weighted by atomic mass is 16.5. The predicted molar refractivity (Wildman–Crippen MR) is 72.7 cm³/mol. The van der Waals surface area contributed by atoms with Crippen LogP contribution in [0.5, 0.6) is 0 Å². The van der Waals surface area contributed by atoms with Gasteiger partial charge >= 0.3 is 0 Å². The molecule has 0 aromatic heterocycles. The number of carbonyl (C=O) groups is 1. The largest absolute Gasteiger partial charge is 0.286 e. The Bertz CT molecular complexity index is 649. The average molecular weight is 253 g/mol. The Morgan fingerprint density at radius 2 is 1.89 bits per heavy atom. The second-order valence-electron chi connectivity index (χ2n) is 4.90. The van der Waals surface area contributed by atoms with Gasteiger partial charge in [0.1, 0.15) is 0 Å². The number of rotatable bonds is 2. The molecule has 19 heavy (non-hydrogen) atoms. The summed E-state index contributed by atoms with van der Waals surface area (Å²) in [5.74, 6) is -0.344. The van der Waals surface area contributed by atoms with Crippen molar-refractivity contribution in [1.29, 1.82) is 0 Å². The van der Waals surface area contributed by atoms with Crippen molar-refractivity contribution in [3.05, 3.63) is 59.2 Å². The molecule has 1 amide bonds. The first kappa shape index (κ1) is 11.9. The Morgan fingerprint density at radius 1 is 1.16 bits per heavy atom. The maximum atomic E-state index is 11.0. The Kier molecular flexibility index (Phi) is 2.84. The normalized spacial score (nSPS) is 11.9. The lowest BCUT2D eigenvalue weighted by Crippen LogP contribution is -2.23. The van der Waals surface area contributed by atoms with E-state index in [1.54, 1.807) is 0 Å². The minimum absolute atomic E-state index is 0.235. The maximum Gasteiger partial charge on any atom is 0.243 e. The molecule has 0 saturated carbocycles. The van der Waals surface area contributed by atoms with E-state index < -0.39 is 0 Å². The van der Waals surface area contributed by atoms with Crippen molar-refractivity contribution < 1.29 is 10.0 Å². The van der Waals surface area contributed by atoms with Crippen molar-refractivity contribution in [2.45, 2.75) is 19.9 Å². The predicted octanol–water partition coefficient (Wildman–Crippen LogP) is 3.00. The summed E-state index contributed by atoms with van der Waals surface area (Å²) >= 11 is 0. The maximum absolute atomic E-state index is 11.0. The van der Waals surface area contributed by atoms with Gasteiger partial charge in [-0.15, -0.1) is 0 Å². The van der Waals surface area contributed by atoms with Crippen molar-refractivity contribution in [2.75, 3.05) is 0 Å². The smallest absolute Gasteiger partial charge is 0.243 e. The summed E-state index contributed by atoms with van der Waals surface area (Å²) in [6.07, 6.45) is 0.921. The molecule has 2 aromatic rings. The fourth-order valence-electron chi connectivity index (χ4n) is 2.58. The third kappa shape index (κ3) is 2.13. The van der Waals surface area contributed by atoms with Crippen LogP contribution in [-0.4, -0.2) is 16.2 Å². The van der Waals surface area contributed by atoms with Crippen LogP contribution in [0.2, 0.25) is 0 Å². The van der Waals surface area contributed by atoms with Crippen LogP contribution in [0.3, 0.4) is 0 Å². The molecule has 1 N–H and O–H groups in total. The van der Waals surface area contributed by atoms with Crippen LogP contribution < -0.4 is 0 Å². The quantitative estimate of drug-likeness (QED) is 0.563. The van der Waals surface area contributed by atoms with Gasteiger partial charge in [0.05, 0.1) is 6.54 Å². The summed E-state index contributed by atoms with van der Waals surface area (Å²) in [4.78, 5) is 11.0. The molecule has 0 saturated heterocycles. The Balaban J connectivity index is 1.91. The molecule has 0 fully saturated rings. The number of hydrogen-bond acceptors (Lipinski definition) is 2. The highest BCUT2D eigenvalue weighted by Gasteiger charge is 2.18. The van der Waals surface area contributed by atoms with E-state index in [-0.39, 0.29) is 12.5 Å². The minimum Gasteiger partial charge on any atom is -0.286 e. The van der Waals surface area contributed by atoms with Crippen molar-refractivity contribution in [2.24, 2.45) is 0 Å². The van der Waals surface area contributed by atoms with Gasteiger partial charge in [0.2, 0.25) is 5.91 Å². The lowest BCUT2D eigenvalue weighted by molar-refractivity contribution is -0.165. The number of benzene rings is 2. The van der Waals surface area contributed by atoms with Crippen molar-refractivity contribution in [3.8, 4) is 11.1 Å². The third-order valence-corrected chi connectivity index (χ3v) is 3.55. The number of carbonyl (C=O) groups excluding carboxylic acids is 1. The van der Waals surface area contributed by atoms with Crippen LogP contribution in [0.25, 0.3) is 11.1 Å². The zero-order valence-corrected chi connectivity index (χ0v) is 10.8. The van der Waals surface area contributed by atoms with Gasteiger partial charge in [0.25, 0.3) is 0 Å². The third-order valence-electron chi connectivity index (χ3n) is 3.55. The van der Waals surface area contributed by atoms with Gasteiger partial charge < -0.3 is 0 Å². The van der Waals surface area contributed by atoms with E-state index in [0.717, 1.165) is 17.0 Å². The van der Waals surface area contributed by atoms with Gasteiger partial charge in [-0.3, -0.25) is 10.0 Å². The minimum atomic E-state index is -0.344. The molecular formula is C16H15NO2. The van der Waals surface area contributed by atoms with E-state index in [1.165, 1.54) is 29.2 Å². The van der Waals surface area contributed by atoms with E-state index in [4.69, 9.17) is 0 Å². The molecule has 3 rings (SSSR count). The van der Waals surface area contributed by atoms with Gasteiger partial charge in [0, 0.05) is 6.92 Å². The first-order valence-electron chi connectivity index (χ1n) is 6.32. The number of hydroxylamine groups is 2. The van der Waals surface area contributed by atoms with Crippen molar-refractivity contribution in [1.82, 2.24) is 5.06 Å². The van der Waals surface area contributed by atoms with Crippen LogP contribution in [0.4, 0.5) is 0 Å². The molecule has 96 valence electrons. The van der Waals surface area contributed by atoms with E-state index >= 15 is 0 Å². The van der Waals surface area contributed by atoms with Crippen LogP contribution in [0.1, 0.15) is 23.6 Å². The number of amides is 1. The lowest BCUT2D eigenvalue weighted by atomic mass is 10.0. The molecule has 2 aromatic carbocycles.